The number of anilines is 1. The summed E-state index contributed by atoms with van der Waals surface area (Å²) in [5.74, 6) is -0.197. The van der Waals surface area contributed by atoms with Crippen LogP contribution in [0.25, 0.3) is 0 Å². The average molecular weight is 278 g/mol. The highest BCUT2D eigenvalue weighted by Gasteiger charge is 2.20. The third-order valence-corrected chi connectivity index (χ3v) is 3.30. The van der Waals surface area contributed by atoms with Crippen LogP contribution in [-0.4, -0.2) is 38.8 Å². The van der Waals surface area contributed by atoms with Gasteiger partial charge in [-0.2, -0.15) is 0 Å². The van der Waals surface area contributed by atoms with Crippen LogP contribution in [0, 0.1) is 6.92 Å². The van der Waals surface area contributed by atoms with E-state index in [9.17, 15) is 4.79 Å². The van der Waals surface area contributed by atoms with Crippen LogP contribution in [-0.2, 0) is 9.53 Å². The smallest absolute Gasteiger partial charge is 0.322 e. The van der Waals surface area contributed by atoms with Crippen LogP contribution in [0.5, 0.6) is 0 Å². The zero-order valence-electron chi connectivity index (χ0n) is 13.1. The number of aryl methyl sites for hydroxylation is 1. The van der Waals surface area contributed by atoms with Gasteiger partial charge in [0.05, 0.1) is 7.11 Å². The van der Waals surface area contributed by atoms with E-state index in [4.69, 9.17) is 4.74 Å². The lowest BCUT2D eigenvalue weighted by Gasteiger charge is -2.25. The summed E-state index contributed by atoms with van der Waals surface area (Å²) in [6.45, 7) is 6.95. The Hall–Kier alpha value is -1.55. The minimum atomic E-state index is -0.258. The summed E-state index contributed by atoms with van der Waals surface area (Å²) < 4.78 is 4.86. The molecule has 112 valence electrons. The van der Waals surface area contributed by atoms with E-state index in [2.05, 4.69) is 29.3 Å². The van der Waals surface area contributed by atoms with Gasteiger partial charge in [-0.05, 0) is 25.0 Å². The molecule has 1 atom stereocenters. The van der Waals surface area contributed by atoms with Crippen molar-refractivity contribution in [3.8, 4) is 0 Å². The van der Waals surface area contributed by atoms with Crippen molar-refractivity contribution in [2.45, 2.75) is 39.3 Å². The van der Waals surface area contributed by atoms with Gasteiger partial charge in [0.2, 0.25) is 0 Å². The Balaban J connectivity index is 2.63. The maximum atomic E-state index is 11.8. The molecule has 1 aromatic carbocycles. The van der Waals surface area contributed by atoms with Gasteiger partial charge in [0.1, 0.15) is 6.04 Å². The number of hydrogen-bond donors (Lipinski definition) is 1. The Kier molecular flexibility index (Phi) is 6.52. The quantitative estimate of drug-likeness (QED) is 0.777. The molecule has 0 saturated heterocycles. The molecule has 20 heavy (non-hydrogen) atoms. The fourth-order valence-corrected chi connectivity index (χ4v) is 2.25. The highest BCUT2D eigenvalue weighted by atomic mass is 16.5. The van der Waals surface area contributed by atoms with Crippen molar-refractivity contribution in [2.24, 2.45) is 0 Å². The van der Waals surface area contributed by atoms with Gasteiger partial charge >= 0.3 is 5.97 Å². The molecule has 0 amide bonds. The molecular formula is C16H26N2O2. The Bertz CT molecular complexity index is 432. The third-order valence-electron chi connectivity index (χ3n) is 3.30. The standard InChI is InChI=1S/C16H26N2O2/c1-12(2)17-14(16(19)20-5)10-11-18(4)15-9-7-6-8-13(15)3/h6-9,12,14,17H,10-11H2,1-5H3. The number of esters is 1. The number of hydrogen-bond acceptors (Lipinski definition) is 4. The summed E-state index contributed by atoms with van der Waals surface area (Å²) in [6.07, 6.45) is 0.718. The van der Waals surface area contributed by atoms with Crippen molar-refractivity contribution in [3.05, 3.63) is 29.8 Å². The van der Waals surface area contributed by atoms with Crippen molar-refractivity contribution in [1.82, 2.24) is 5.32 Å². The van der Waals surface area contributed by atoms with Gasteiger partial charge in [0, 0.05) is 25.3 Å². The summed E-state index contributed by atoms with van der Waals surface area (Å²) in [4.78, 5) is 13.9. The second kappa shape index (κ2) is 7.90. The van der Waals surface area contributed by atoms with E-state index in [1.807, 2.05) is 33.0 Å². The molecule has 0 aliphatic rings. The second-order valence-electron chi connectivity index (χ2n) is 5.39. The fraction of sp³-hybridized carbons (Fsp3) is 0.562. The maximum absolute atomic E-state index is 11.8. The molecule has 1 rings (SSSR count). The largest absolute Gasteiger partial charge is 0.468 e. The number of carbonyl (C=O) groups excluding carboxylic acids is 1. The molecule has 0 aliphatic carbocycles. The number of carbonyl (C=O) groups is 1. The summed E-state index contributed by atoms with van der Waals surface area (Å²) in [5.41, 5.74) is 2.43. The number of para-hydroxylation sites is 1. The van der Waals surface area contributed by atoms with Crippen LogP contribution in [0.15, 0.2) is 24.3 Å². The predicted octanol–water partition coefficient (Wildman–Crippen LogP) is 2.36. The SMILES string of the molecule is COC(=O)C(CCN(C)c1ccccc1C)NC(C)C. The molecule has 0 aromatic heterocycles. The molecule has 0 fully saturated rings. The van der Waals surface area contributed by atoms with Gasteiger partial charge < -0.3 is 15.0 Å². The van der Waals surface area contributed by atoms with E-state index < -0.39 is 0 Å². The van der Waals surface area contributed by atoms with E-state index >= 15 is 0 Å². The number of benzene rings is 1. The summed E-state index contributed by atoms with van der Waals surface area (Å²) in [6, 6.07) is 8.25. The fourth-order valence-electron chi connectivity index (χ4n) is 2.25. The van der Waals surface area contributed by atoms with Crippen LogP contribution in [0.2, 0.25) is 0 Å². The highest BCUT2D eigenvalue weighted by Crippen LogP contribution is 2.18. The molecule has 0 aliphatic heterocycles. The second-order valence-corrected chi connectivity index (χ2v) is 5.39. The van der Waals surface area contributed by atoms with Crippen molar-refractivity contribution in [3.63, 3.8) is 0 Å². The first-order chi connectivity index (χ1) is 9.45. The van der Waals surface area contributed by atoms with E-state index in [0.717, 1.165) is 13.0 Å². The molecule has 4 heteroatoms. The first-order valence-corrected chi connectivity index (χ1v) is 7.06. The Morgan fingerprint density at radius 2 is 2.00 bits per heavy atom. The van der Waals surface area contributed by atoms with Crippen LogP contribution in [0.4, 0.5) is 5.69 Å². The predicted molar refractivity (Wildman–Crippen MR) is 83.1 cm³/mol. The first kappa shape index (κ1) is 16.5. The minimum Gasteiger partial charge on any atom is -0.468 e. The van der Waals surface area contributed by atoms with Crippen molar-refractivity contribution < 1.29 is 9.53 Å². The molecule has 1 aromatic rings. The lowest BCUT2D eigenvalue weighted by Crippen LogP contribution is -2.43. The first-order valence-electron chi connectivity index (χ1n) is 7.06. The number of nitrogens with one attached hydrogen (secondary N) is 1. The topological polar surface area (TPSA) is 41.6 Å². The maximum Gasteiger partial charge on any atom is 0.322 e. The zero-order valence-corrected chi connectivity index (χ0v) is 13.1. The van der Waals surface area contributed by atoms with Gasteiger partial charge in [0.15, 0.2) is 0 Å². The average Bonchev–Trinajstić information content (AvgIpc) is 2.42. The number of methoxy groups -OCH3 is 1. The summed E-state index contributed by atoms with van der Waals surface area (Å²) in [7, 11) is 3.48. The normalized spacial score (nSPS) is 12.3. The van der Waals surface area contributed by atoms with Crippen molar-refractivity contribution in [2.75, 3.05) is 25.6 Å². The molecule has 0 radical (unpaired) electrons. The summed E-state index contributed by atoms with van der Waals surface area (Å²) >= 11 is 0. The Morgan fingerprint density at radius 3 is 2.55 bits per heavy atom. The molecule has 0 heterocycles. The Morgan fingerprint density at radius 1 is 1.35 bits per heavy atom. The van der Waals surface area contributed by atoms with Gasteiger partial charge in [-0.25, -0.2) is 0 Å². The molecular weight excluding hydrogens is 252 g/mol. The minimum absolute atomic E-state index is 0.197. The molecule has 1 N–H and O–H groups in total. The number of ether oxygens (including phenoxy) is 1. The zero-order chi connectivity index (χ0) is 15.1. The molecule has 0 saturated carbocycles. The van der Waals surface area contributed by atoms with E-state index in [0.29, 0.717) is 0 Å². The molecule has 1 unspecified atom stereocenters. The van der Waals surface area contributed by atoms with Crippen LogP contribution in [0.1, 0.15) is 25.8 Å². The summed E-state index contributed by atoms with van der Waals surface area (Å²) in [5, 5.41) is 3.25. The van der Waals surface area contributed by atoms with Gasteiger partial charge in [-0.1, -0.05) is 32.0 Å². The monoisotopic (exact) mass is 278 g/mol. The molecule has 0 bridgehead atoms. The third kappa shape index (κ3) is 4.85. The number of nitrogens with zero attached hydrogens (tertiary/aromatic N) is 1. The molecule has 0 spiro atoms. The van der Waals surface area contributed by atoms with Gasteiger partial charge in [-0.15, -0.1) is 0 Å². The lowest BCUT2D eigenvalue weighted by atomic mass is 10.1. The van der Waals surface area contributed by atoms with Gasteiger partial charge in [0.25, 0.3) is 0 Å². The van der Waals surface area contributed by atoms with E-state index in [1.54, 1.807) is 0 Å². The number of rotatable bonds is 7. The van der Waals surface area contributed by atoms with Crippen LogP contribution < -0.4 is 10.2 Å². The molecule has 4 nitrogen and oxygen atoms in total. The van der Waals surface area contributed by atoms with Crippen LogP contribution in [0.3, 0.4) is 0 Å². The van der Waals surface area contributed by atoms with Crippen molar-refractivity contribution >= 4 is 11.7 Å². The highest BCUT2D eigenvalue weighted by molar-refractivity contribution is 5.75. The van der Waals surface area contributed by atoms with Gasteiger partial charge in [-0.3, -0.25) is 4.79 Å². The Labute approximate surface area is 122 Å². The van der Waals surface area contributed by atoms with Crippen molar-refractivity contribution in [1.29, 1.82) is 0 Å². The van der Waals surface area contributed by atoms with Crippen LogP contribution >= 0.6 is 0 Å². The lowest BCUT2D eigenvalue weighted by molar-refractivity contribution is -0.143. The van der Waals surface area contributed by atoms with E-state index in [1.165, 1.54) is 18.4 Å². The van der Waals surface area contributed by atoms with E-state index in [-0.39, 0.29) is 18.1 Å².